The maximum atomic E-state index is 12.3. The van der Waals surface area contributed by atoms with Crippen LogP contribution in [0.5, 0.6) is 5.75 Å². The van der Waals surface area contributed by atoms with Crippen molar-refractivity contribution >= 4 is 5.78 Å². The summed E-state index contributed by atoms with van der Waals surface area (Å²) in [6.07, 6.45) is 1.91. The molecular weight excluding hydrogens is 298 g/mol. The van der Waals surface area contributed by atoms with Crippen molar-refractivity contribution in [3.05, 3.63) is 65.7 Å². The number of carbonyl (C=O) groups is 1. The summed E-state index contributed by atoms with van der Waals surface area (Å²) < 4.78 is 5.10. The van der Waals surface area contributed by atoms with Crippen LogP contribution in [0.1, 0.15) is 35.2 Å². The van der Waals surface area contributed by atoms with Crippen molar-refractivity contribution in [3.8, 4) is 23.7 Å². The average Bonchev–Trinajstić information content (AvgIpc) is 2.65. The Hall–Kier alpha value is -3.04. The molecule has 120 valence electrons. The molecular formula is C21H19NO2. The van der Waals surface area contributed by atoms with Gasteiger partial charge in [-0.05, 0) is 37.1 Å². The number of methoxy groups -OCH3 is 1. The molecule has 0 heterocycles. The van der Waals surface area contributed by atoms with Crippen LogP contribution in [-0.4, -0.2) is 12.9 Å². The molecule has 0 bridgehead atoms. The number of carbonyl (C=O) groups excluding carboxylic acids is 1. The number of nitriles is 1. The van der Waals surface area contributed by atoms with Crippen molar-refractivity contribution in [2.75, 3.05) is 7.11 Å². The fraction of sp³-hybridized carbons (Fsp3) is 0.238. The first-order valence-electron chi connectivity index (χ1n) is 7.86. The number of nitrogens with zero attached hydrogens (tertiary/aromatic N) is 1. The highest BCUT2D eigenvalue weighted by Gasteiger charge is 2.18. The highest BCUT2D eigenvalue weighted by molar-refractivity contribution is 5.99. The number of Topliss-reactive ketones (excluding diaryl/α,β-unsaturated/α-hetero) is 1. The van der Waals surface area contributed by atoms with Gasteiger partial charge in [0, 0.05) is 17.5 Å². The minimum Gasteiger partial charge on any atom is -0.497 e. The second-order valence-corrected chi connectivity index (χ2v) is 5.33. The van der Waals surface area contributed by atoms with Crippen molar-refractivity contribution in [2.45, 2.75) is 19.3 Å². The van der Waals surface area contributed by atoms with Gasteiger partial charge in [0.15, 0.2) is 5.78 Å². The molecule has 0 amide bonds. The van der Waals surface area contributed by atoms with E-state index < -0.39 is 5.92 Å². The first kappa shape index (κ1) is 17.3. The van der Waals surface area contributed by atoms with Gasteiger partial charge in [-0.2, -0.15) is 5.26 Å². The van der Waals surface area contributed by atoms with E-state index in [-0.39, 0.29) is 5.78 Å². The zero-order chi connectivity index (χ0) is 17.2. The maximum absolute atomic E-state index is 12.3. The third-order valence-corrected chi connectivity index (χ3v) is 3.65. The highest BCUT2D eigenvalue weighted by Crippen LogP contribution is 2.15. The number of hydrogen-bond acceptors (Lipinski definition) is 3. The van der Waals surface area contributed by atoms with Crippen LogP contribution in [0.4, 0.5) is 0 Å². The molecule has 0 aliphatic heterocycles. The summed E-state index contributed by atoms with van der Waals surface area (Å²) >= 11 is 0. The minimum absolute atomic E-state index is 0.110. The number of hydrogen-bond donors (Lipinski definition) is 0. The highest BCUT2D eigenvalue weighted by atomic mass is 16.5. The first-order valence-corrected chi connectivity index (χ1v) is 7.86. The topological polar surface area (TPSA) is 50.1 Å². The van der Waals surface area contributed by atoms with Gasteiger partial charge in [0.05, 0.1) is 13.2 Å². The average molecular weight is 317 g/mol. The monoisotopic (exact) mass is 317 g/mol. The molecule has 0 spiro atoms. The van der Waals surface area contributed by atoms with Gasteiger partial charge in [-0.15, -0.1) is 0 Å². The molecule has 1 unspecified atom stereocenters. The standard InChI is InChI=1S/C21H19NO2/c1-24-20-14-12-17(13-15-20)8-4-2-7-11-19(16-22)21(23)18-9-5-3-6-10-18/h3,5-6,9-10,12-15,19H,2,7,11H2,1H3. The molecule has 0 saturated carbocycles. The second kappa shape index (κ2) is 9.18. The third-order valence-electron chi connectivity index (χ3n) is 3.65. The lowest BCUT2D eigenvalue weighted by Gasteiger charge is -2.06. The fourth-order valence-electron chi connectivity index (χ4n) is 2.29. The predicted molar refractivity (Wildman–Crippen MR) is 93.6 cm³/mol. The molecule has 2 aromatic rings. The Morgan fingerprint density at radius 1 is 1.12 bits per heavy atom. The molecule has 0 radical (unpaired) electrons. The molecule has 24 heavy (non-hydrogen) atoms. The predicted octanol–water partition coefficient (Wildman–Crippen LogP) is 4.24. The summed E-state index contributed by atoms with van der Waals surface area (Å²) in [5.41, 5.74) is 1.52. The van der Waals surface area contributed by atoms with Crippen LogP contribution in [0.2, 0.25) is 0 Å². The number of unbranched alkanes of at least 4 members (excludes halogenated alkanes) is 1. The van der Waals surface area contributed by atoms with Gasteiger partial charge in [0.25, 0.3) is 0 Å². The molecule has 2 aromatic carbocycles. The van der Waals surface area contributed by atoms with Gasteiger partial charge in [0.2, 0.25) is 0 Å². The number of ketones is 1. The molecule has 0 aliphatic carbocycles. The van der Waals surface area contributed by atoms with E-state index in [1.54, 1.807) is 19.2 Å². The normalized spacial score (nSPS) is 10.8. The first-order chi connectivity index (χ1) is 11.7. The van der Waals surface area contributed by atoms with Gasteiger partial charge < -0.3 is 4.74 Å². The lowest BCUT2D eigenvalue weighted by molar-refractivity contribution is 0.0943. The van der Waals surface area contributed by atoms with E-state index in [4.69, 9.17) is 4.74 Å². The van der Waals surface area contributed by atoms with Crippen LogP contribution in [0.3, 0.4) is 0 Å². The molecule has 0 fully saturated rings. The van der Waals surface area contributed by atoms with E-state index in [1.807, 2.05) is 42.5 Å². The van der Waals surface area contributed by atoms with Crippen molar-refractivity contribution < 1.29 is 9.53 Å². The van der Waals surface area contributed by atoms with E-state index in [0.29, 0.717) is 18.4 Å². The second-order valence-electron chi connectivity index (χ2n) is 5.33. The molecule has 0 aromatic heterocycles. The lowest BCUT2D eigenvalue weighted by atomic mass is 9.94. The van der Waals surface area contributed by atoms with E-state index in [0.717, 1.165) is 17.7 Å². The van der Waals surface area contributed by atoms with E-state index in [9.17, 15) is 10.1 Å². The molecule has 3 nitrogen and oxygen atoms in total. The Morgan fingerprint density at radius 2 is 1.83 bits per heavy atom. The SMILES string of the molecule is COc1ccc(C#CCCCC(C#N)C(=O)c2ccccc2)cc1. The summed E-state index contributed by atoms with van der Waals surface area (Å²) in [4.78, 5) is 12.3. The zero-order valence-corrected chi connectivity index (χ0v) is 13.7. The molecule has 1 atom stereocenters. The smallest absolute Gasteiger partial charge is 0.179 e. The molecule has 3 heteroatoms. The summed E-state index contributed by atoms with van der Waals surface area (Å²) in [6.45, 7) is 0. The Bertz CT molecular complexity index is 761. The fourth-order valence-corrected chi connectivity index (χ4v) is 2.29. The Labute approximate surface area is 142 Å². The van der Waals surface area contributed by atoms with Crippen LogP contribution >= 0.6 is 0 Å². The molecule has 0 aliphatic rings. The summed E-state index contributed by atoms with van der Waals surface area (Å²) in [5, 5.41) is 9.22. The molecule has 2 rings (SSSR count). The number of ether oxygens (including phenoxy) is 1. The summed E-state index contributed by atoms with van der Waals surface area (Å²) in [6, 6.07) is 18.6. The zero-order valence-electron chi connectivity index (χ0n) is 13.7. The number of benzene rings is 2. The van der Waals surface area contributed by atoms with E-state index >= 15 is 0 Å². The van der Waals surface area contributed by atoms with Crippen molar-refractivity contribution in [1.82, 2.24) is 0 Å². The quantitative estimate of drug-likeness (QED) is 0.455. The Balaban J connectivity index is 1.83. The molecule has 0 N–H and O–H groups in total. The number of rotatable bonds is 6. The summed E-state index contributed by atoms with van der Waals surface area (Å²) in [5.74, 6) is 6.25. The third kappa shape index (κ3) is 5.00. The van der Waals surface area contributed by atoms with Gasteiger partial charge in [-0.3, -0.25) is 4.79 Å². The van der Waals surface area contributed by atoms with Crippen LogP contribution in [0.25, 0.3) is 0 Å². The maximum Gasteiger partial charge on any atom is 0.179 e. The minimum atomic E-state index is -0.602. The Kier molecular flexibility index (Phi) is 6.62. The Morgan fingerprint density at radius 3 is 2.46 bits per heavy atom. The van der Waals surface area contributed by atoms with Crippen molar-refractivity contribution in [3.63, 3.8) is 0 Å². The van der Waals surface area contributed by atoms with Crippen LogP contribution in [0, 0.1) is 29.1 Å². The van der Waals surface area contributed by atoms with Gasteiger partial charge in [-0.25, -0.2) is 0 Å². The van der Waals surface area contributed by atoms with Crippen LogP contribution < -0.4 is 4.74 Å². The summed E-state index contributed by atoms with van der Waals surface area (Å²) in [7, 11) is 1.63. The van der Waals surface area contributed by atoms with Crippen molar-refractivity contribution in [2.24, 2.45) is 5.92 Å². The van der Waals surface area contributed by atoms with Crippen LogP contribution in [-0.2, 0) is 0 Å². The molecule has 0 saturated heterocycles. The largest absolute Gasteiger partial charge is 0.497 e. The van der Waals surface area contributed by atoms with Gasteiger partial charge >= 0.3 is 0 Å². The lowest BCUT2D eigenvalue weighted by Crippen LogP contribution is -2.12. The van der Waals surface area contributed by atoms with Gasteiger partial charge in [-0.1, -0.05) is 42.2 Å². The van der Waals surface area contributed by atoms with Gasteiger partial charge in [0.1, 0.15) is 11.7 Å². The van der Waals surface area contributed by atoms with Crippen molar-refractivity contribution in [1.29, 1.82) is 5.26 Å². The van der Waals surface area contributed by atoms with E-state index in [2.05, 4.69) is 17.9 Å². The van der Waals surface area contributed by atoms with E-state index in [1.165, 1.54) is 0 Å². The van der Waals surface area contributed by atoms with Crippen LogP contribution in [0.15, 0.2) is 54.6 Å².